The highest BCUT2D eigenvalue weighted by atomic mass is 16.1. The molecule has 0 aromatic heterocycles. The standard InChI is InChI=1S/C15H14O/c16-13-9-11-5-1-3-7-14(11)15-8-4-2-6-12(15)10-13/h1-9,12,14-15H,10H2. The van der Waals surface area contributed by atoms with Gasteiger partial charge in [-0.15, -0.1) is 0 Å². The Labute approximate surface area is 95.5 Å². The molecule has 0 aromatic rings. The summed E-state index contributed by atoms with van der Waals surface area (Å²) < 4.78 is 0. The van der Waals surface area contributed by atoms with E-state index in [1.807, 2.05) is 12.2 Å². The molecule has 16 heavy (non-hydrogen) atoms. The second-order valence-electron chi connectivity index (χ2n) is 4.60. The first-order valence-corrected chi connectivity index (χ1v) is 5.79. The van der Waals surface area contributed by atoms with Crippen LogP contribution in [-0.4, -0.2) is 5.78 Å². The quantitative estimate of drug-likeness (QED) is 0.600. The fraction of sp³-hybridized carbons (Fsp3) is 0.267. The monoisotopic (exact) mass is 210 g/mol. The van der Waals surface area contributed by atoms with Crippen LogP contribution < -0.4 is 0 Å². The number of hydrogen-bond acceptors (Lipinski definition) is 1. The molecular weight excluding hydrogens is 196 g/mol. The number of rotatable bonds is 0. The highest BCUT2D eigenvalue weighted by Crippen LogP contribution is 2.38. The van der Waals surface area contributed by atoms with Crippen LogP contribution in [0.2, 0.25) is 0 Å². The lowest BCUT2D eigenvalue weighted by Crippen LogP contribution is -2.21. The minimum atomic E-state index is 0.257. The summed E-state index contributed by atoms with van der Waals surface area (Å²) in [5, 5.41) is 0. The van der Waals surface area contributed by atoms with Crippen LogP contribution in [0, 0.1) is 17.8 Å². The molecule has 0 saturated carbocycles. The van der Waals surface area contributed by atoms with Crippen LogP contribution in [0.3, 0.4) is 0 Å². The Hall–Kier alpha value is -1.63. The molecule has 3 aliphatic carbocycles. The number of carbonyl (C=O) groups is 1. The van der Waals surface area contributed by atoms with E-state index < -0.39 is 0 Å². The molecule has 3 unspecified atom stereocenters. The number of carbonyl (C=O) groups excluding carboxylic acids is 1. The van der Waals surface area contributed by atoms with Crippen LogP contribution >= 0.6 is 0 Å². The average molecular weight is 210 g/mol. The lowest BCUT2D eigenvalue weighted by molar-refractivity contribution is -0.115. The van der Waals surface area contributed by atoms with Crippen molar-refractivity contribution in [1.29, 1.82) is 0 Å². The molecule has 0 fully saturated rings. The summed E-state index contributed by atoms with van der Waals surface area (Å²) in [7, 11) is 0. The van der Waals surface area contributed by atoms with E-state index in [4.69, 9.17) is 0 Å². The lowest BCUT2D eigenvalue weighted by atomic mass is 9.75. The molecule has 3 aliphatic rings. The van der Waals surface area contributed by atoms with E-state index in [0.29, 0.717) is 24.2 Å². The van der Waals surface area contributed by atoms with Crippen molar-refractivity contribution in [3.8, 4) is 0 Å². The van der Waals surface area contributed by atoms with Gasteiger partial charge in [-0.1, -0.05) is 48.6 Å². The Balaban J connectivity index is 2.04. The third-order valence-electron chi connectivity index (χ3n) is 3.58. The molecule has 3 atom stereocenters. The first-order chi connectivity index (χ1) is 7.84. The molecule has 0 amide bonds. The van der Waals surface area contributed by atoms with Crippen molar-refractivity contribution < 1.29 is 4.79 Å². The molecule has 0 aromatic carbocycles. The molecule has 0 N–H and O–H groups in total. The van der Waals surface area contributed by atoms with Crippen LogP contribution in [0.15, 0.2) is 60.3 Å². The van der Waals surface area contributed by atoms with Gasteiger partial charge in [0, 0.05) is 12.3 Å². The van der Waals surface area contributed by atoms with Gasteiger partial charge in [-0.25, -0.2) is 0 Å². The van der Waals surface area contributed by atoms with E-state index in [1.54, 1.807) is 0 Å². The fourth-order valence-corrected chi connectivity index (χ4v) is 2.81. The third-order valence-corrected chi connectivity index (χ3v) is 3.58. The first kappa shape index (κ1) is 9.59. The van der Waals surface area contributed by atoms with Gasteiger partial charge in [0.05, 0.1) is 0 Å². The largest absolute Gasteiger partial charge is 0.295 e. The van der Waals surface area contributed by atoms with Crippen molar-refractivity contribution in [3.05, 3.63) is 60.3 Å². The topological polar surface area (TPSA) is 17.1 Å². The molecule has 1 nitrogen and oxygen atoms in total. The summed E-state index contributed by atoms with van der Waals surface area (Å²) in [5.41, 5.74) is 1.17. The normalized spacial score (nSPS) is 35.4. The van der Waals surface area contributed by atoms with Crippen molar-refractivity contribution in [2.75, 3.05) is 0 Å². The van der Waals surface area contributed by atoms with Crippen LogP contribution in [0.25, 0.3) is 0 Å². The predicted molar refractivity (Wildman–Crippen MR) is 64.7 cm³/mol. The van der Waals surface area contributed by atoms with Gasteiger partial charge in [0.2, 0.25) is 0 Å². The summed E-state index contributed by atoms with van der Waals surface area (Å²) in [6.07, 6.45) is 19.4. The highest BCUT2D eigenvalue weighted by Gasteiger charge is 2.32. The minimum absolute atomic E-state index is 0.257. The zero-order chi connectivity index (χ0) is 11.0. The van der Waals surface area contributed by atoms with Gasteiger partial charge in [0.1, 0.15) is 0 Å². The van der Waals surface area contributed by atoms with E-state index in [9.17, 15) is 4.79 Å². The molecule has 1 heteroatoms. The summed E-state index contributed by atoms with van der Waals surface area (Å²) in [6, 6.07) is 0. The molecule has 0 heterocycles. The summed E-state index contributed by atoms with van der Waals surface area (Å²) in [4.78, 5) is 11.8. The van der Waals surface area contributed by atoms with Gasteiger partial charge in [-0.3, -0.25) is 4.79 Å². The smallest absolute Gasteiger partial charge is 0.156 e. The maximum absolute atomic E-state index is 11.8. The van der Waals surface area contributed by atoms with E-state index in [0.717, 1.165) is 0 Å². The number of ketones is 1. The second kappa shape index (κ2) is 3.75. The summed E-state index contributed by atoms with van der Waals surface area (Å²) in [5.74, 6) is 1.45. The molecular formula is C15H14O. The van der Waals surface area contributed by atoms with Crippen molar-refractivity contribution >= 4 is 5.78 Å². The van der Waals surface area contributed by atoms with Crippen LogP contribution in [-0.2, 0) is 4.79 Å². The van der Waals surface area contributed by atoms with E-state index in [1.165, 1.54) is 5.57 Å². The molecule has 0 saturated heterocycles. The maximum atomic E-state index is 11.8. The van der Waals surface area contributed by atoms with E-state index in [-0.39, 0.29) is 5.78 Å². The van der Waals surface area contributed by atoms with Crippen LogP contribution in [0.4, 0.5) is 0 Å². The minimum Gasteiger partial charge on any atom is -0.295 e. The molecule has 3 rings (SSSR count). The van der Waals surface area contributed by atoms with E-state index >= 15 is 0 Å². The molecule has 0 aliphatic heterocycles. The number of hydrogen-bond donors (Lipinski definition) is 0. The lowest BCUT2D eigenvalue weighted by Gasteiger charge is -2.29. The van der Waals surface area contributed by atoms with Crippen molar-refractivity contribution in [1.82, 2.24) is 0 Å². The Morgan fingerprint density at radius 2 is 1.81 bits per heavy atom. The Bertz CT molecular complexity index is 460. The molecule has 0 radical (unpaired) electrons. The van der Waals surface area contributed by atoms with Gasteiger partial charge in [-0.2, -0.15) is 0 Å². The zero-order valence-electron chi connectivity index (χ0n) is 9.04. The predicted octanol–water partition coefficient (Wildman–Crippen LogP) is 2.99. The van der Waals surface area contributed by atoms with Crippen LogP contribution in [0.5, 0.6) is 0 Å². The zero-order valence-corrected chi connectivity index (χ0v) is 9.04. The highest BCUT2D eigenvalue weighted by molar-refractivity contribution is 5.91. The Morgan fingerprint density at radius 1 is 1.00 bits per heavy atom. The van der Waals surface area contributed by atoms with Crippen molar-refractivity contribution in [2.24, 2.45) is 17.8 Å². The summed E-state index contributed by atoms with van der Waals surface area (Å²) >= 11 is 0. The Kier molecular flexibility index (Phi) is 2.24. The molecule has 80 valence electrons. The van der Waals surface area contributed by atoms with Crippen molar-refractivity contribution in [3.63, 3.8) is 0 Å². The van der Waals surface area contributed by atoms with Gasteiger partial charge in [-0.05, 0) is 23.5 Å². The van der Waals surface area contributed by atoms with Gasteiger partial charge in [0.25, 0.3) is 0 Å². The molecule has 0 spiro atoms. The van der Waals surface area contributed by atoms with Gasteiger partial charge in [0.15, 0.2) is 5.78 Å². The second-order valence-corrected chi connectivity index (χ2v) is 4.60. The van der Waals surface area contributed by atoms with Crippen molar-refractivity contribution in [2.45, 2.75) is 6.42 Å². The first-order valence-electron chi connectivity index (χ1n) is 5.79. The van der Waals surface area contributed by atoms with Gasteiger partial charge >= 0.3 is 0 Å². The average Bonchev–Trinajstić information content (AvgIpc) is 2.44. The fourth-order valence-electron chi connectivity index (χ4n) is 2.81. The maximum Gasteiger partial charge on any atom is 0.156 e. The van der Waals surface area contributed by atoms with Crippen LogP contribution in [0.1, 0.15) is 6.42 Å². The van der Waals surface area contributed by atoms with E-state index in [2.05, 4.69) is 42.5 Å². The number of allylic oxidation sites excluding steroid dienone is 10. The number of fused-ring (bicyclic) bond motifs is 3. The summed E-state index contributed by atoms with van der Waals surface area (Å²) in [6.45, 7) is 0. The Morgan fingerprint density at radius 3 is 2.75 bits per heavy atom. The van der Waals surface area contributed by atoms with Gasteiger partial charge < -0.3 is 0 Å². The SMILES string of the molecule is O=C1C=C2C=CC=CC2C2C=CC=CC2C1. The third kappa shape index (κ3) is 1.53. The molecule has 0 bridgehead atoms.